The van der Waals surface area contributed by atoms with Crippen LogP contribution in [0.3, 0.4) is 0 Å². The van der Waals surface area contributed by atoms with Crippen molar-refractivity contribution < 1.29 is 33.1 Å². The second-order valence-electron chi connectivity index (χ2n) is 10.5. The molecule has 3 heterocycles. The SMILES string of the molecule is CC(C)C1(C(=O)NC2CC(=O)OC2(CF)OC(=O)C(C)(C)C)CC(c2nccc3ccccc23)=NO1. The molecule has 2 aliphatic rings. The van der Waals surface area contributed by atoms with Gasteiger partial charge in [-0.2, -0.15) is 0 Å². The molecule has 3 unspecified atom stereocenters. The van der Waals surface area contributed by atoms with Crippen LogP contribution in [0.2, 0.25) is 0 Å². The summed E-state index contributed by atoms with van der Waals surface area (Å²) in [6.07, 6.45) is 1.40. The van der Waals surface area contributed by atoms with Gasteiger partial charge in [0, 0.05) is 23.9 Å². The number of carbonyl (C=O) groups excluding carboxylic acids is 3. The van der Waals surface area contributed by atoms with Gasteiger partial charge >= 0.3 is 17.7 Å². The van der Waals surface area contributed by atoms with Gasteiger partial charge in [0.1, 0.15) is 11.8 Å². The smallest absolute Gasteiger partial charge is 0.314 e. The van der Waals surface area contributed by atoms with Crippen LogP contribution in [0.1, 0.15) is 53.2 Å². The fourth-order valence-electron chi connectivity index (χ4n) is 4.24. The van der Waals surface area contributed by atoms with E-state index in [0.717, 1.165) is 10.8 Å². The fourth-order valence-corrected chi connectivity index (χ4v) is 4.24. The zero-order valence-corrected chi connectivity index (χ0v) is 21.0. The van der Waals surface area contributed by atoms with Crippen molar-refractivity contribution in [1.29, 1.82) is 0 Å². The second-order valence-corrected chi connectivity index (χ2v) is 10.5. The van der Waals surface area contributed by atoms with Crippen LogP contribution < -0.4 is 5.32 Å². The molecule has 1 amide bonds. The Balaban J connectivity index is 1.60. The molecule has 2 aromatic rings. The Morgan fingerprint density at radius 3 is 2.64 bits per heavy atom. The van der Waals surface area contributed by atoms with Crippen molar-refractivity contribution in [2.24, 2.45) is 16.5 Å². The molecular weight excluding hydrogens is 469 g/mol. The first kappa shape index (κ1) is 25.5. The van der Waals surface area contributed by atoms with Crippen molar-refractivity contribution in [3.63, 3.8) is 0 Å². The summed E-state index contributed by atoms with van der Waals surface area (Å²) in [6.45, 7) is 7.05. The number of rotatable bonds is 6. The molecule has 2 aliphatic heterocycles. The van der Waals surface area contributed by atoms with E-state index in [1.165, 1.54) is 0 Å². The minimum absolute atomic E-state index is 0.101. The predicted molar refractivity (Wildman–Crippen MR) is 128 cm³/mol. The van der Waals surface area contributed by atoms with Crippen LogP contribution in [0.15, 0.2) is 41.7 Å². The van der Waals surface area contributed by atoms with Gasteiger partial charge < -0.3 is 19.6 Å². The van der Waals surface area contributed by atoms with E-state index in [9.17, 15) is 18.8 Å². The van der Waals surface area contributed by atoms with Crippen LogP contribution in [-0.2, 0) is 28.7 Å². The number of carbonyl (C=O) groups is 3. The molecular formula is C26H30FN3O6. The minimum atomic E-state index is -2.26. The molecule has 192 valence electrons. The molecule has 4 rings (SSSR count). The third-order valence-electron chi connectivity index (χ3n) is 6.57. The molecule has 1 fully saturated rings. The Morgan fingerprint density at radius 1 is 1.25 bits per heavy atom. The fraction of sp³-hybridized carbons (Fsp3) is 0.500. The third kappa shape index (κ3) is 4.40. The highest BCUT2D eigenvalue weighted by atomic mass is 19.1. The highest BCUT2D eigenvalue weighted by molar-refractivity contribution is 6.11. The molecule has 0 bridgehead atoms. The average Bonchev–Trinajstić information content (AvgIpc) is 3.41. The number of ether oxygens (including phenoxy) is 2. The zero-order valence-electron chi connectivity index (χ0n) is 21.0. The number of cyclic esters (lactones) is 1. The van der Waals surface area contributed by atoms with Gasteiger partial charge in [0.25, 0.3) is 5.91 Å². The van der Waals surface area contributed by atoms with Crippen LogP contribution in [0.25, 0.3) is 10.8 Å². The van der Waals surface area contributed by atoms with Crippen molar-refractivity contribution in [1.82, 2.24) is 10.3 Å². The van der Waals surface area contributed by atoms with Crippen molar-refractivity contribution in [3.8, 4) is 0 Å². The summed E-state index contributed by atoms with van der Waals surface area (Å²) in [5.41, 5.74) is -1.34. The number of halogens is 1. The van der Waals surface area contributed by atoms with Crippen molar-refractivity contribution >= 4 is 34.3 Å². The molecule has 10 heteroatoms. The van der Waals surface area contributed by atoms with E-state index in [4.69, 9.17) is 14.3 Å². The highest BCUT2D eigenvalue weighted by Gasteiger charge is 2.58. The summed E-state index contributed by atoms with van der Waals surface area (Å²) >= 11 is 0. The topological polar surface area (TPSA) is 116 Å². The standard InChI is InChI=1S/C26H30FN3O6/c1-15(2)25(13-18(30-36-25)21-17-9-7-6-8-16(17)10-11-28-21)22(32)29-19-12-20(31)34-26(19,14-27)35-23(33)24(3,4)5/h6-11,15,19H,12-14H2,1-5H3,(H,29,32). The summed E-state index contributed by atoms with van der Waals surface area (Å²) in [5.74, 6) is -4.79. The lowest BCUT2D eigenvalue weighted by Gasteiger charge is -2.35. The Hall–Kier alpha value is -3.56. The Labute approximate surface area is 208 Å². The van der Waals surface area contributed by atoms with E-state index in [1.807, 2.05) is 30.3 Å². The number of hydrogen-bond donors (Lipinski definition) is 1. The number of alkyl halides is 1. The number of aromatic nitrogens is 1. The molecule has 0 saturated carbocycles. The quantitative estimate of drug-likeness (QED) is 0.605. The van der Waals surface area contributed by atoms with Gasteiger partial charge in [-0.25, -0.2) is 4.39 Å². The molecule has 3 atom stereocenters. The second kappa shape index (κ2) is 9.15. The number of hydrogen-bond acceptors (Lipinski definition) is 8. The van der Waals surface area contributed by atoms with Crippen LogP contribution in [0, 0.1) is 11.3 Å². The normalized spacial score (nSPS) is 25.9. The molecule has 1 aromatic carbocycles. The number of fused-ring (bicyclic) bond motifs is 1. The lowest BCUT2D eigenvalue weighted by atomic mass is 9.83. The van der Waals surface area contributed by atoms with E-state index in [0.29, 0.717) is 11.4 Å². The number of amides is 1. The molecule has 0 aliphatic carbocycles. The third-order valence-corrected chi connectivity index (χ3v) is 6.57. The summed E-state index contributed by atoms with van der Waals surface area (Å²) in [5, 5.41) is 8.70. The first-order valence-electron chi connectivity index (χ1n) is 11.8. The summed E-state index contributed by atoms with van der Waals surface area (Å²) in [7, 11) is 0. The number of oxime groups is 1. The Morgan fingerprint density at radius 2 is 1.97 bits per heavy atom. The first-order valence-corrected chi connectivity index (χ1v) is 11.8. The van der Waals surface area contributed by atoms with Gasteiger partial charge in [0.2, 0.25) is 5.60 Å². The van der Waals surface area contributed by atoms with Crippen molar-refractivity contribution in [3.05, 3.63) is 42.2 Å². The maximum atomic E-state index is 14.3. The molecule has 1 N–H and O–H groups in total. The van der Waals surface area contributed by atoms with E-state index in [1.54, 1.807) is 40.8 Å². The van der Waals surface area contributed by atoms with Crippen LogP contribution in [0.4, 0.5) is 4.39 Å². The maximum absolute atomic E-state index is 14.3. The van der Waals surface area contributed by atoms with Gasteiger partial charge in [-0.3, -0.25) is 19.4 Å². The van der Waals surface area contributed by atoms with Gasteiger partial charge in [0.05, 0.1) is 17.5 Å². The highest BCUT2D eigenvalue weighted by Crippen LogP contribution is 2.37. The molecule has 36 heavy (non-hydrogen) atoms. The van der Waals surface area contributed by atoms with E-state index in [-0.39, 0.29) is 18.8 Å². The van der Waals surface area contributed by atoms with Gasteiger partial charge in [-0.15, -0.1) is 0 Å². The summed E-state index contributed by atoms with van der Waals surface area (Å²) in [4.78, 5) is 48.5. The van der Waals surface area contributed by atoms with Crippen molar-refractivity contribution in [2.75, 3.05) is 6.67 Å². The molecule has 9 nitrogen and oxygen atoms in total. The summed E-state index contributed by atoms with van der Waals surface area (Å²) < 4.78 is 24.7. The lowest BCUT2D eigenvalue weighted by molar-refractivity contribution is -0.231. The Bertz CT molecular complexity index is 1230. The average molecular weight is 500 g/mol. The van der Waals surface area contributed by atoms with Crippen molar-refractivity contribution in [2.45, 2.75) is 64.9 Å². The van der Waals surface area contributed by atoms with Gasteiger partial charge in [-0.1, -0.05) is 43.3 Å². The first-order chi connectivity index (χ1) is 16.9. The van der Waals surface area contributed by atoms with Crippen LogP contribution in [-0.4, -0.2) is 52.6 Å². The molecule has 1 aromatic heterocycles. The van der Waals surface area contributed by atoms with E-state index >= 15 is 0 Å². The minimum Gasteiger partial charge on any atom is -0.417 e. The van der Waals surface area contributed by atoms with E-state index < -0.39 is 47.4 Å². The maximum Gasteiger partial charge on any atom is 0.314 e. The monoisotopic (exact) mass is 499 g/mol. The lowest BCUT2D eigenvalue weighted by Crippen LogP contribution is -2.60. The molecule has 0 spiro atoms. The van der Waals surface area contributed by atoms with Gasteiger partial charge in [0.15, 0.2) is 6.67 Å². The van der Waals surface area contributed by atoms with Crippen LogP contribution in [0.5, 0.6) is 0 Å². The van der Waals surface area contributed by atoms with E-state index in [2.05, 4.69) is 15.5 Å². The number of benzene rings is 1. The van der Waals surface area contributed by atoms with Crippen LogP contribution >= 0.6 is 0 Å². The summed E-state index contributed by atoms with van der Waals surface area (Å²) in [6, 6.07) is 8.30. The largest absolute Gasteiger partial charge is 0.417 e. The van der Waals surface area contributed by atoms with Gasteiger partial charge in [-0.05, 0) is 32.2 Å². The molecule has 1 saturated heterocycles. The Kier molecular flexibility index (Phi) is 6.49. The number of nitrogens with one attached hydrogen (secondary N) is 1. The zero-order chi connectivity index (χ0) is 26.3. The number of pyridine rings is 1. The number of esters is 2. The predicted octanol–water partition coefficient (Wildman–Crippen LogP) is 3.44. The number of nitrogens with zero attached hydrogens (tertiary/aromatic N) is 2. The molecule has 0 radical (unpaired) electrons.